The molecule has 1 N–H and O–H groups in total. The second kappa shape index (κ2) is 5.85. The van der Waals surface area contributed by atoms with Crippen molar-refractivity contribution in [3.8, 4) is 0 Å². The molecule has 1 unspecified atom stereocenters. The zero-order valence-electron chi connectivity index (χ0n) is 14.4. The van der Waals surface area contributed by atoms with E-state index in [9.17, 15) is 0 Å². The Bertz CT molecular complexity index is 917. The largest absolute Gasteiger partial charge is 0.348 e. The third-order valence-corrected chi connectivity index (χ3v) is 5.45. The van der Waals surface area contributed by atoms with Crippen molar-refractivity contribution >= 4 is 11.0 Å². The molecule has 0 saturated heterocycles. The monoisotopic (exact) mass is 333 g/mol. The van der Waals surface area contributed by atoms with Gasteiger partial charge in [-0.2, -0.15) is 0 Å². The van der Waals surface area contributed by atoms with Gasteiger partial charge in [0.15, 0.2) is 0 Å². The number of nitrogens with zero attached hydrogens (tertiary/aromatic N) is 4. The second-order valence-electron chi connectivity index (χ2n) is 7.22. The van der Waals surface area contributed by atoms with Gasteiger partial charge in [-0.15, -0.1) is 6.58 Å². The van der Waals surface area contributed by atoms with Crippen molar-refractivity contribution < 1.29 is 0 Å². The first-order valence-corrected chi connectivity index (χ1v) is 9.17. The smallest absolute Gasteiger partial charge is 0.133 e. The van der Waals surface area contributed by atoms with Crippen LogP contribution in [0.3, 0.4) is 0 Å². The lowest BCUT2D eigenvalue weighted by molar-refractivity contribution is 0.191. The van der Waals surface area contributed by atoms with E-state index in [1.807, 2.05) is 12.4 Å². The number of aromatic amines is 1. The number of hydrogen-bond acceptors (Lipinski definition) is 3. The van der Waals surface area contributed by atoms with Crippen LogP contribution >= 0.6 is 0 Å². The molecule has 0 bridgehead atoms. The van der Waals surface area contributed by atoms with Crippen LogP contribution in [0.25, 0.3) is 11.0 Å². The van der Waals surface area contributed by atoms with Gasteiger partial charge in [-0.05, 0) is 30.9 Å². The van der Waals surface area contributed by atoms with Crippen LogP contribution in [0.2, 0.25) is 0 Å². The third-order valence-electron chi connectivity index (χ3n) is 5.45. The van der Waals surface area contributed by atoms with Gasteiger partial charge in [0, 0.05) is 31.7 Å². The average molecular weight is 333 g/mol. The standard InChI is InChI=1S/C20H23N5/c1-2-10-25-17-6-4-3-5-15(17)23-20(25)19-18-16(21-13-22-18)9-11-24(19)12-14-7-8-14/h2-6,13-14,19H,1,7-12H2,(H,21,22). The normalized spacial score (nSPS) is 20.7. The molecule has 3 heterocycles. The van der Waals surface area contributed by atoms with Crippen molar-refractivity contribution in [2.24, 2.45) is 5.92 Å². The molecule has 3 aromatic rings. The van der Waals surface area contributed by atoms with Gasteiger partial charge < -0.3 is 9.55 Å². The quantitative estimate of drug-likeness (QED) is 0.729. The molecule has 1 fully saturated rings. The molecule has 1 aliphatic carbocycles. The van der Waals surface area contributed by atoms with Crippen LogP contribution < -0.4 is 0 Å². The fourth-order valence-corrected chi connectivity index (χ4v) is 4.06. The minimum atomic E-state index is 0.128. The van der Waals surface area contributed by atoms with Crippen LogP contribution in [0.4, 0.5) is 0 Å². The van der Waals surface area contributed by atoms with Gasteiger partial charge in [-0.1, -0.05) is 18.2 Å². The predicted molar refractivity (Wildman–Crippen MR) is 98.4 cm³/mol. The van der Waals surface area contributed by atoms with E-state index in [-0.39, 0.29) is 6.04 Å². The van der Waals surface area contributed by atoms with Crippen molar-refractivity contribution in [3.63, 3.8) is 0 Å². The molecule has 0 amide bonds. The summed E-state index contributed by atoms with van der Waals surface area (Å²) in [5.74, 6) is 1.94. The molecule has 1 aromatic carbocycles. The Hall–Kier alpha value is -2.40. The predicted octanol–water partition coefficient (Wildman–Crippen LogP) is 3.30. The number of hydrogen-bond donors (Lipinski definition) is 1. The maximum Gasteiger partial charge on any atom is 0.133 e. The molecule has 128 valence electrons. The maximum atomic E-state index is 5.03. The highest BCUT2D eigenvalue weighted by Crippen LogP contribution is 2.38. The lowest BCUT2D eigenvalue weighted by Crippen LogP contribution is -2.39. The molecule has 5 nitrogen and oxygen atoms in total. The molecule has 0 spiro atoms. The molecule has 5 heteroatoms. The van der Waals surface area contributed by atoms with E-state index in [2.05, 4.69) is 50.3 Å². The van der Waals surface area contributed by atoms with Crippen LogP contribution in [0.15, 0.2) is 43.2 Å². The summed E-state index contributed by atoms with van der Waals surface area (Å²) < 4.78 is 2.30. The summed E-state index contributed by atoms with van der Waals surface area (Å²) in [7, 11) is 0. The number of aromatic nitrogens is 4. The lowest BCUT2D eigenvalue weighted by atomic mass is 10.0. The van der Waals surface area contributed by atoms with Crippen LogP contribution in [0, 0.1) is 5.92 Å². The summed E-state index contributed by atoms with van der Waals surface area (Å²) in [5, 5.41) is 0. The van der Waals surface area contributed by atoms with Gasteiger partial charge in [0.05, 0.1) is 23.1 Å². The average Bonchev–Trinajstić information content (AvgIpc) is 3.19. The molecular weight excluding hydrogens is 310 g/mol. The highest BCUT2D eigenvalue weighted by atomic mass is 15.2. The highest BCUT2D eigenvalue weighted by Gasteiger charge is 2.37. The Kier molecular flexibility index (Phi) is 3.48. The minimum Gasteiger partial charge on any atom is -0.348 e. The van der Waals surface area contributed by atoms with Crippen molar-refractivity contribution in [1.82, 2.24) is 24.4 Å². The van der Waals surface area contributed by atoms with Crippen molar-refractivity contribution in [3.05, 3.63) is 60.5 Å². The number of fused-ring (bicyclic) bond motifs is 2. The maximum absolute atomic E-state index is 5.03. The first-order chi connectivity index (χ1) is 12.3. The van der Waals surface area contributed by atoms with Gasteiger partial charge in [-0.25, -0.2) is 9.97 Å². The van der Waals surface area contributed by atoms with Crippen molar-refractivity contribution in [2.75, 3.05) is 13.1 Å². The number of rotatable bonds is 5. The Morgan fingerprint density at radius 1 is 1.28 bits per heavy atom. The van der Waals surface area contributed by atoms with Crippen molar-refractivity contribution in [1.29, 1.82) is 0 Å². The van der Waals surface area contributed by atoms with E-state index >= 15 is 0 Å². The van der Waals surface area contributed by atoms with Gasteiger partial charge in [0.1, 0.15) is 11.9 Å². The molecule has 1 saturated carbocycles. The molecule has 0 radical (unpaired) electrons. The number of H-pyrrole nitrogens is 1. The SMILES string of the molecule is C=CCn1c(C2c3nc[nH]c3CCN2CC2CC2)nc2ccccc21. The first-order valence-electron chi connectivity index (χ1n) is 9.17. The minimum absolute atomic E-state index is 0.128. The number of allylic oxidation sites excluding steroid dienone is 1. The number of para-hydroxylation sites is 2. The number of nitrogens with one attached hydrogen (secondary N) is 1. The summed E-state index contributed by atoms with van der Waals surface area (Å²) in [5.41, 5.74) is 4.63. The molecule has 1 atom stereocenters. The fraction of sp³-hybridized carbons (Fsp3) is 0.400. The summed E-state index contributed by atoms with van der Waals surface area (Å²) in [6, 6.07) is 8.51. The molecule has 2 aliphatic rings. The van der Waals surface area contributed by atoms with Gasteiger partial charge in [-0.3, -0.25) is 4.90 Å². The second-order valence-corrected chi connectivity index (χ2v) is 7.22. The number of benzene rings is 1. The summed E-state index contributed by atoms with van der Waals surface area (Å²) in [6.45, 7) is 6.93. The van der Waals surface area contributed by atoms with E-state index in [1.54, 1.807) is 0 Å². The van der Waals surface area contributed by atoms with Crippen LogP contribution in [-0.4, -0.2) is 37.5 Å². The first kappa shape index (κ1) is 14.9. The molecule has 5 rings (SSSR count). The van der Waals surface area contributed by atoms with E-state index in [1.165, 1.54) is 24.1 Å². The van der Waals surface area contributed by atoms with Crippen LogP contribution in [0.1, 0.15) is 36.1 Å². The Morgan fingerprint density at radius 3 is 3.00 bits per heavy atom. The number of imidazole rings is 2. The van der Waals surface area contributed by atoms with E-state index in [0.717, 1.165) is 49.0 Å². The molecule has 2 aromatic heterocycles. The van der Waals surface area contributed by atoms with E-state index in [4.69, 9.17) is 4.98 Å². The lowest BCUT2D eigenvalue weighted by Gasteiger charge is -2.34. The molecular formula is C20H23N5. The Morgan fingerprint density at radius 2 is 2.16 bits per heavy atom. The highest BCUT2D eigenvalue weighted by molar-refractivity contribution is 5.76. The summed E-state index contributed by atoms with van der Waals surface area (Å²) in [6.07, 6.45) is 7.55. The van der Waals surface area contributed by atoms with E-state index < -0.39 is 0 Å². The Labute approximate surface area is 147 Å². The van der Waals surface area contributed by atoms with Crippen LogP contribution in [0.5, 0.6) is 0 Å². The van der Waals surface area contributed by atoms with Crippen LogP contribution in [-0.2, 0) is 13.0 Å². The van der Waals surface area contributed by atoms with Crippen molar-refractivity contribution in [2.45, 2.75) is 31.8 Å². The Balaban J connectivity index is 1.67. The summed E-state index contributed by atoms with van der Waals surface area (Å²) >= 11 is 0. The zero-order valence-corrected chi connectivity index (χ0v) is 14.4. The zero-order chi connectivity index (χ0) is 16.8. The fourth-order valence-electron chi connectivity index (χ4n) is 4.06. The van der Waals surface area contributed by atoms with Gasteiger partial charge in [0.25, 0.3) is 0 Å². The van der Waals surface area contributed by atoms with Gasteiger partial charge >= 0.3 is 0 Å². The summed E-state index contributed by atoms with van der Waals surface area (Å²) in [4.78, 5) is 15.6. The van der Waals surface area contributed by atoms with E-state index in [0.29, 0.717) is 0 Å². The van der Waals surface area contributed by atoms with Gasteiger partial charge in [0.2, 0.25) is 0 Å². The third kappa shape index (κ3) is 2.50. The molecule has 25 heavy (non-hydrogen) atoms. The topological polar surface area (TPSA) is 49.7 Å². The molecule has 1 aliphatic heterocycles.